The number of hydrogen-bond donors (Lipinski definition) is 1. The van der Waals surface area contributed by atoms with Crippen molar-refractivity contribution in [1.29, 1.82) is 0 Å². The average molecular weight is 304 g/mol. The van der Waals surface area contributed by atoms with Crippen molar-refractivity contribution in [1.82, 2.24) is 10.3 Å². The highest BCUT2D eigenvalue weighted by molar-refractivity contribution is 7.91. The minimum absolute atomic E-state index is 0.0481. The van der Waals surface area contributed by atoms with Crippen LogP contribution >= 0.6 is 0 Å². The highest BCUT2D eigenvalue weighted by Gasteiger charge is 2.28. The number of carbonyl (C=O) groups is 1. The molecular formula is C15H16N2O3S. The highest BCUT2D eigenvalue weighted by Crippen LogP contribution is 2.17. The largest absolute Gasteiger partial charge is 0.352 e. The molecule has 5 nitrogen and oxygen atoms in total. The van der Waals surface area contributed by atoms with Gasteiger partial charge in [0.25, 0.3) is 0 Å². The normalized spacial score (nSPS) is 20.5. The second kappa shape index (κ2) is 5.44. The summed E-state index contributed by atoms with van der Waals surface area (Å²) in [5, 5.41) is 3.79. The van der Waals surface area contributed by atoms with Crippen molar-refractivity contribution >= 4 is 26.6 Å². The summed E-state index contributed by atoms with van der Waals surface area (Å²) in [4.78, 5) is 16.4. The topological polar surface area (TPSA) is 76.1 Å². The van der Waals surface area contributed by atoms with Crippen LogP contribution in [-0.4, -0.2) is 36.9 Å². The maximum absolute atomic E-state index is 12.1. The molecule has 1 atom stereocenters. The Kier molecular flexibility index (Phi) is 3.63. The van der Waals surface area contributed by atoms with Crippen LogP contribution in [0.4, 0.5) is 0 Å². The summed E-state index contributed by atoms with van der Waals surface area (Å²) in [6.45, 7) is 0. The summed E-state index contributed by atoms with van der Waals surface area (Å²) >= 11 is 0. The summed E-state index contributed by atoms with van der Waals surface area (Å²) in [5.74, 6) is 0.0515. The van der Waals surface area contributed by atoms with Gasteiger partial charge in [-0.25, -0.2) is 8.42 Å². The molecule has 0 aliphatic carbocycles. The van der Waals surface area contributed by atoms with Crippen LogP contribution in [-0.2, 0) is 21.1 Å². The van der Waals surface area contributed by atoms with Crippen LogP contribution in [0.2, 0.25) is 0 Å². The molecular weight excluding hydrogens is 288 g/mol. The lowest BCUT2D eigenvalue weighted by Gasteiger charge is -2.11. The van der Waals surface area contributed by atoms with Gasteiger partial charge in [0, 0.05) is 17.6 Å². The molecule has 21 heavy (non-hydrogen) atoms. The number of benzene rings is 1. The molecule has 1 aromatic heterocycles. The van der Waals surface area contributed by atoms with Gasteiger partial charge in [-0.3, -0.25) is 9.78 Å². The number of fused-ring (bicyclic) bond motifs is 1. The molecule has 3 rings (SSSR count). The Morgan fingerprint density at radius 3 is 2.86 bits per heavy atom. The van der Waals surface area contributed by atoms with Crippen LogP contribution in [0.5, 0.6) is 0 Å². The Hall–Kier alpha value is -1.95. The molecule has 0 radical (unpaired) electrons. The van der Waals surface area contributed by atoms with Crippen molar-refractivity contribution < 1.29 is 13.2 Å². The lowest BCUT2D eigenvalue weighted by atomic mass is 10.1. The maximum Gasteiger partial charge on any atom is 0.224 e. The molecule has 1 fully saturated rings. The molecule has 0 saturated carbocycles. The zero-order valence-electron chi connectivity index (χ0n) is 11.5. The van der Waals surface area contributed by atoms with Gasteiger partial charge in [0.1, 0.15) is 0 Å². The molecule has 1 saturated heterocycles. The van der Waals surface area contributed by atoms with E-state index in [2.05, 4.69) is 10.3 Å². The molecule has 1 amide bonds. The number of nitrogens with zero attached hydrogens (tertiary/aromatic N) is 1. The molecule has 1 aliphatic rings. The van der Waals surface area contributed by atoms with Gasteiger partial charge in [0.2, 0.25) is 5.91 Å². The number of aromatic nitrogens is 1. The van der Waals surface area contributed by atoms with Crippen LogP contribution in [0.15, 0.2) is 36.5 Å². The quantitative estimate of drug-likeness (QED) is 0.920. The first kappa shape index (κ1) is 14.0. The van der Waals surface area contributed by atoms with Gasteiger partial charge in [-0.15, -0.1) is 0 Å². The monoisotopic (exact) mass is 304 g/mol. The fraction of sp³-hybridized carbons (Fsp3) is 0.333. The van der Waals surface area contributed by atoms with Crippen molar-refractivity contribution in [3.63, 3.8) is 0 Å². The molecule has 110 valence electrons. The van der Waals surface area contributed by atoms with E-state index in [9.17, 15) is 13.2 Å². The Balaban J connectivity index is 1.72. The first-order valence-corrected chi connectivity index (χ1v) is 8.68. The number of pyridine rings is 1. The lowest BCUT2D eigenvalue weighted by Crippen LogP contribution is -2.36. The smallest absolute Gasteiger partial charge is 0.224 e. The van der Waals surface area contributed by atoms with E-state index in [1.807, 2.05) is 30.3 Å². The van der Waals surface area contributed by atoms with E-state index in [1.165, 1.54) is 0 Å². The van der Waals surface area contributed by atoms with E-state index in [0.717, 1.165) is 16.5 Å². The second-order valence-electron chi connectivity index (χ2n) is 5.34. The molecule has 1 unspecified atom stereocenters. The van der Waals surface area contributed by atoms with Crippen molar-refractivity contribution in [2.24, 2.45) is 0 Å². The molecule has 1 aromatic carbocycles. The third kappa shape index (κ3) is 3.21. The van der Waals surface area contributed by atoms with E-state index < -0.39 is 9.84 Å². The molecule has 6 heteroatoms. The van der Waals surface area contributed by atoms with Crippen LogP contribution in [0.3, 0.4) is 0 Å². The van der Waals surface area contributed by atoms with E-state index in [4.69, 9.17) is 0 Å². The zero-order valence-corrected chi connectivity index (χ0v) is 12.3. The lowest BCUT2D eigenvalue weighted by molar-refractivity contribution is -0.120. The number of hydrogen-bond acceptors (Lipinski definition) is 4. The van der Waals surface area contributed by atoms with E-state index in [0.29, 0.717) is 6.42 Å². The van der Waals surface area contributed by atoms with Gasteiger partial charge >= 0.3 is 0 Å². The number of nitrogens with one attached hydrogen (secondary N) is 1. The first-order chi connectivity index (χ1) is 10.0. The number of carbonyl (C=O) groups excluding carboxylic acids is 1. The van der Waals surface area contributed by atoms with E-state index in [-0.39, 0.29) is 29.9 Å². The Bertz CT molecular complexity index is 781. The number of para-hydroxylation sites is 1. The van der Waals surface area contributed by atoms with Gasteiger partial charge in [-0.2, -0.15) is 0 Å². The Labute approximate surface area is 123 Å². The fourth-order valence-electron chi connectivity index (χ4n) is 2.67. The summed E-state index contributed by atoms with van der Waals surface area (Å²) in [5.41, 5.74) is 1.67. The average Bonchev–Trinajstić information content (AvgIpc) is 2.78. The molecule has 1 aliphatic heterocycles. The number of rotatable bonds is 3. The Morgan fingerprint density at radius 1 is 1.29 bits per heavy atom. The minimum Gasteiger partial charge on any atom is -0.352 e. The molecule has 2 heterocycles. The van der Waals surface area contributed by atoms with Gasteiger partial charge in [0.05, 0.1) is 23.4 Å². The standard InChI is InChI=1S/C15H16N2O3S/c18-14(17-13-6-8-21(19,20)10-13)9-12-4-1-3-11-5-2-7-16-15(11)12/h1-5,7,13H,6,8-10H2,(H,17,18). The molecule has 0 spiro atoms. The fourth-order valence-corrected chi connectivity index (χ4v) is 4.34. The van der Waals surface area contributed by atoms with Gasteiger partial charge in [-0.05, 0) is 18.1 Å². The summed E-state index contributed by atoms with van der Waals surface area (Å²) in [6, 6.07) is 9.27. The van der Waals surface area contributed by atoms with Gasteiger partial charge < -0.3 is 5.32 Å². The van der Waals surface area contributed by atoms with Crippen LogP contribution in [0.25, 0.3) is 10.9 Å². The minimum atomic E-state index is -2.98. The highest BCUT2D eigenvalue weighted by atomic mass is 32.2. The van der Waals surface area contributed by atoms with Crippen LogP contribution in [0, 0.1) is 0 Å². The predicted octanol–water partition coefficient (Wildman–Crippen LogP) is 1.08. The van der Waals surface area contributed by atoms with Crippen molar-refractivity contribution in [2.45, 2.75) is 18.9 Å². The summed E-state index contributed by atoms with van der Waals surface area (Å²) in [6.07, 6.45) is 2.42. The van der Waals surface area contributed by atoms with Crippen LogP contribution in [0.1, 0.15) is 12.0 Å². The first-order valence-electron chi connectivity index (χ1n) is 6.86. The van der Waals surface area contributed by atoms with Gasteiger partial charge in [-0.1, -0.05) is 24.3 Å². The third-order valence-corrected chi connectivity index (χ3v) is 5.43. The number of amides is 1. The SMILES string of the molecule is O=C(Cc1cccc2cccnc12)NC1CCS(=O)(=O)C1. The zero-order chi connectivity index (χ0) is 14.9. The third-order valence-electron chi connectivity index (χ3n) is 3.66. The van der Waals surface area contributed by atoms with Crippen molar-refractivity contribution in [3.05, 3.63) is 42.1 Å². The summed E-state index contributed by atoms with van der Waals surface area (Å²) in [7, 11) is -2.98. The molecule has 0 bridgehead atoms. The summed E-state index contributed by atoms with van der Waals surface area (Å²) < 4.78 is 22.8. The van der Waals surface area contributed by atoms with E-state index in [1.54, 1.807) is 6.20 Å². The second-order valence-corrected chi connectivity index (χ2v) is 7.57. The van der Waals surface area contributed by atoms with Crippen LogP contribution < -0.4 is 5.32 Å². The van der Waals surface area contributed by atoms with E-state index >= 15 is 0 Å². The number of sulfone groups is 1. The predicted molar refractivity (Wildman–Crippen MR) is 80.6 cm³/mol. The molecule has 2 aromatic rings. The van der Waals surface area contributed by atoms with Crippen molar-refractivity contribution in [3.8, 4) is 0 Å². The van der Waals surface area contributed by atoms with Crippen molar-refractivity contribution in [2.75, 3.05) is 11.5 Å². The maximum atomic E-state index is 12.1. The Morgan fingerprint density at radius 2 is 2.10 bits per heavy atom. The molecule has 1 N–H and O–H groups in total. The van der Waals surface area contributed by atoms with Gasteiger partial charge in [0.15, 0.2) is 9.84 Å².